The lowest BCUT2D eigenvalue weighted by molar-refractivity contribution is -0.384. The highest BCUT2D eigenvalue weighted by Crippen LogP contribution is 2.28. The molecule has 3 heterocycles. The minimum Gasteiger partial charge on any atom is -0.457 e. The normalized spacial score (nSPS) is 15.6. The second-order valence-electron chi connectivity index (χ2n) is 6.25. The molecule has 0 unspecified atom stereocenters. The maximum absolute atomic E-state index is 11.0. The van der Waals surface area contributed by atoms with Crippen LogP contribution in [0, 0.1) is 10.1 Å². The van der Waals surface area contributed by atoms with Gasteiger partial charge in [0.2, 0.25) is 0 Å². The number of hydrogen-bond donors (Lipinski definition) is 0. The fourth-order valence-electron chi connectivity index (χ4n) is 3.13. The van der Waals surface area contributed by atoms with Gasteiger partial charge in [0.15, 0.2) is 0 Å². The van der Waals surface area contributed by atoms with Gasteiger partial charge in [-0.25, -0.2) is 0 Å². The van der Waals surface area contributed by atoms with E-state index in [9.17, 15) is 10.1 Å². The Kier molecular flexibility index (Phi) is 4.61. The Hall–Kier alpha value is -3.54. The molecule has 0 bridgehead atoms. The predicted octanol–water partition coefficient (Wildman–Crippen LogP) is 4.92. The summed E-state index contributed by atoms with van der Waals surface area (Å²) in [6.07, 6.45) is 7.46. The second-order valence-corrected chi connectivity index (χ2v) is 6.25. The Balaban J connectivity index is 1.65. The molecular weight excluding hydrogens is 342 g/mol. The van der Waals surface area contributed by atoms with E-state index in [0.717, 1.165) is 36.2 Å². The van der Waals surface area contributed by atoms with Crippen molar-refractivity contribution in [1.29, 1.82) is 0 Å². The molecule has 6 heteroatoms. The van der Waals surface area contributed by atoms with Crippen LogP contribution in [0.3, 0.4) is 0 Å². The molecule has 0 aliphatic carbocycles. The second kappa shape index (κ2) is 7.37. The van der Waals surface area contributed by atoms with Crippen LogP contribution in [0.2, 0.25) is 0 Å². The van der Waals surface area contributed by atoms with Gasteiger partial charge >= 0.3 is 0 Å². The molecule has 6 nitrogen and oxygen atoms in total. The first-order valence-electron chi connectivity index (χ1n) is 8.71. The smallest absolute Gasteiger partial charge is 0.270 e. The van der Waals surface area contributed by atoms with Crippen LogP contribution in [-0.2, 0) is 0 Å². The van der Waals surface area contributed by atoms with Crippen LogP contribution in [0.4, 0.5) is 5.69 Å². The summed E-state index contributed by atoms with van der Waals surface area (Å²) in [7, 11) is 0. The third-order valence-electron chi connectivity index (χ3n) is 4.40. The first kappa shape index (κ1) is 16.9. The zero-order valence-corrected chi connectivity index (χ0v) is 14.5. The molecule has 134 valence electrons. The molecule has 1 aliphatic heterocycles. The summed E-state index contributed by atoms with van der Waals surface area (Å²) < 4.78 is 5.92. The Morgan fingerprint density at radius 2 is 2.00 bits per heavy atom. The van der Waals surface area contributed by atoms with Crippen LogP contribution in [0.1, 0.15) is 24.2 Å². The molecule has 0 radical (unpaired) electrons. The molecule has 1 aliphatic rings. The van der Waals surface area contributed by atoms with Crippen molar-refractivity contribution >= 4 is 17.5 Å². The number of allylic oxidation sites excluding steroid dienone is 1. The van der Waals surface area contributed by atoms with Crippen molar-refractivity contribution in [3.8, 4) is 11.3 Å². The average Bonchev–Trinajstić information content (AvgIpc) is 3.18. The van der Waals surface area contributed by atoms with Gasteiger partial charge in [-0.3, -0.25) is 20.1 Å². The van der Waals surface area contributed by atoms with Gasteiger partial charge < -0.3 is 4.42 Å². The molecule has 2 aromatic heterocycles. The van der Waals surface area contributed by atoms with Crippen LogP contribution in [0.15, 0.2) is 75.9 Å². The van der Waals surface area contributed by atoms with Crippen LogP contribution < -0.4 is 0 Å². The summed E-state index contributed by atoms with van der Waals surface area (Å²) in [6, 6.07) is 14.0. The van der Waals surface area contributed by atoms with Gasteiger partial charge in [0.05, 0.1) is 10.6 Å². The third-order valence-corrected chi connectivity index (χ3v) is 4.40. The lowest BCUT2D eigenvalue weighted by Crippen LogP contribution is -2.11. The number of benzene rings is 1. The summed E-state index contributed by atoms with van der Waals surface area (Å²) in [4.78, 5) is 19.4. The number of aliphatic imine (C=N–C) groups is 1. The lowest BCUT2D eigenvalue weighted by atomic mass is 9.96. The van der Waals surface area contributed by atoms with Crippen molar-refractivity contribution in [2.45, 2.75) is 12.8 Å². The summed E-state index contributed by atoms with van der Waals surface area (Å²) in [5.41, 5.74) is 3.77. The molecule has 27 heavy (non-hydrogen) atoms. The molecule has 0 saturated carbocycles. The first-order valence-corrected chi connectivity index (χ1v) is 8.71. The molecule has 0 saturated heterocycles. The highest BCUT2D eigenvalue weighted by atomic mass is 16.6. The maximum atomic E-state index is 11.0. The number of nitro groups is 1. The zero-order chi connectivity index (χ0) is 18.6. The summed E-state index contributed by atoms with van der Waals surface area (Å²) >= 11 is 0. The van der Waals surface area contributed by atoms with E-state index in [4.69, 9.17) is 4.42 Å². The van der Waals surface area contributed by atoms with Crippen molar-refractivity contribution in [2.75, 3.05) is 6.54 Å². The standard InChI is InChI=1S/C21H17N3O3/c25-24(26)18-7-1-4-15(12-18)20-9-8-19(27-20)13-16-5-3-11-23-21(16)17-6-2-10-22-14-17/h1-2,4,6-10,12-14H,3,5,11H2/b16-13+. The van der Waals surface area contributed by atoms with Crippen molar-refractivity contribution in [2.24, 2.45) is 4.99 Å². The van der Waals surface area contributed by atoms with Crippen molar-refractivity contribution < 1.29 is 9.34 Å². The highest BCUT2D eigenvalue weighted by molar-refractivity contribution is 6.15. The van der Waals surface area contributed by atoms with E-state index >= 15 is 0 Å². The fraction of sp³-hybridized carbons (Fsp3) is 0.143. The van der Waals surface area contributed by atoms with Gasteiger partial charge in [-0.05, 0) is 48.8 Å². The van der Waals surface area contributed by atoms with Gasteiger partial charge in [-0.2, -0.15) is 0 Å². The summed E-state index contributed by atoms with van der Waals surface area (Å²) in [5.74, 6) is 1.30. The number of furan rings is 1. The topological polar surface area (TPSA) is 81.5 Å². The Morgan fingerprint density at radius 1 is 1.11 bits per heavy atom. The van der Waals surface area contributed by atoms with E-state index in [1.54, 1.807) is 18.3 Å². The lowest BCUT2D eigenvalue weighted by Gasteiger charge is -2.15. The number of pyridine rings is 1. The van der Waals surface area contributed by atoms with Crippen LogP contribution in [-0.4, -0.2) is 22.2 Å². The monoisotopic (exact) mass is 359 g/mol. The molecule has 0 N–H and O–H groups in total. The van der Waals surface area contributed by atoms with Gasteiger partial charge in [0.25, 0.3) is 5.69 Å². The van der Waals surface area contributed by atoms with Crippen LogP contribution in [0.25, 0.3) is 17.4 Å². The maximum Gasteiger partial charge on any atom is 0.270 e. The number of nitro benzene ring substituents is 1. The average molecular weight is 359 g/mol. The SMILES string of the molecule is O=[N+]([O-])c1cccc(-c2ccc(/C=C3\CCCN=C3c3cccnc3)o2)c1. The summed E-state index contributed by atoms with van der Waals surface area (Å²) in [6.45, 7) is 0.804. The van der Waals surface area contributed by atoms with Gasteiger partial charge in [-0.15, -0.1) is 0 Å². The molecule has 0 atom stereocenters. The van der Waals surface area contributed by atoms with E-state index < -0.39 is 4.92 Å². The molecule has 0 amide bonds. The first-order chi connectivity index (χ1) is 13.2. The van der Waals surface area contributed by atoms with Crippen LogP contribution in [0.5, 0.6) is 0 Å². The Labute approximate surface area is 156 Å². The number of hydrogen-bond acceptors (Lipinski definition) is 5. The molecule has 0 spiro atoms. The molecule has 1 aromatic carbocycles. The molecular formula is C21H17N3O3. The number of nitrogens with zero attached hydrogens (tertiary/aromatic N) is 3. The fourth-order valence-corrected chi connectivity index (χ4v) is 3.13. The van der Waals surface area contributed by atoms with Gasteiger partial charge in [0.1, 0.15) is 11.5 Å². The van der Waals surface area contributed by atoms with E-state index in [2.05, 4.69) is 9.98 Å². The number of rotatable bonds is 4. The number of non-ortho nitro benzene ring substituents is 1. The third kappa shape index (κ3) is 3.69. The molecule has 3 aromatic rings. The number of aromatic nitrogens is 1. The quantitative estimate of drug-likeness (QED) is 0.489. The zero-order valence-electron chi connectivity index (χ0n) is 14.5. The van der Waals surface area contributed by atoms with Crippen molar-refractivity contribution in [1.82, 2.24) is 4.98 Å². The van der Waals surface area contributed by atoms with E-state index in [0.29, 0.717) is 17.1 Å². The van der Waals surface area contributed by atoms with Gasteiger partial charge in [0, 0.05) is 42.2 Å². The molecule has 4 rings (SSSR count). The van der Waals surface area contributed by atoms with Gasteiger partial charge in [-0.1, -0.05) is 12.1 Å². The largest absolute Gasteiger partial charge is 0.457 e. The minimum atomic E-state index is -0.409. The Morgan fingerprint density at radius 3 is 2.81 bits per heavy atom. The molecule has 0 fully saturated rings. The van der Waals surface area contributed by atoms with E-state index in [-0.39, 0.29) is 5.69 Å². The minimum absolute atomic E-state index is 0.0436. The predicted molar refractivity (Wildman–Crippen MR) is 104 cm³/mol. The summed E-state index contributed by atoms with van der Waals surface area (Å²) in [5, 5.41) is 11.0. The van der Waals surface area contributed by atoms with Crippen LogP contribution >= 0.6 is 0 Å². The van der Waals surface area contributed by atoms with Crippen molar-refractivity contribution in [3.05, 3.63) is 87.9 Å². The Bertz CT molecular complexity index is 1040. The van der Waals surface area contributed by atoms with E-state index in [1.165, 1.54) is 12.1 Å². The highest BCUT2D eigenvalue weighted by Gasteiger charge is 2.15. The van der Waals surface area contributed by atoms with Crippen molar-refractivity contribution in [3.63, 3.8) is 0 Å². The van der Waals surface area contributed by atoms with E-state index in [1.807, 2.05) is 36.5 Å².